The molecule has 0 aliphatic carbocycles. The van der Waals surface area contributed by atoms with E-state index < -0.39 is 0 Å². The molecule has 98 valence electrons. The first-order chi connectivity index (χ1) is 7.93. The van der Waals surface area contributed by atoms with E-state index in [2.05, 4.69) is 44.3 Å². The summed E-state index contributed by atoms with van der Waals surface area (Å²) in [6, 6.07) is 0. The number of rotatable bonds is 6. The van der Waals surface area contributed by atoms with Gasteiger partial charge in [0.2, 0.25) is 0 Å². The average Bonchev–Trinajstić information content (AvgIpc) is 2.66. The first-order valence-corrected chi connectivity index (χ1v) is 8.29. The zero-order chi connectivity index (χ0) is 12.9. The molecule has 0 saturated carbocycles. The number of aromatic nitrogens is 1. The van der Waals surface area contributed by atoms with E-state index in [-0.39, 0.29) is 5.41 Å². The maximum Gasteiger partial charge on any atom is 0.0981 e. The van der Waals surface area contributed by atoms with E-state index in [4.69, 9.17) is 0 Å². The van der Waals surface area contributed by atoms with Crippen LogP contribution in [0.4, 0.5) is 0 Å². The summed E-state index contributed by atoms with van der Waals surface area (Å²) in [5.74, 6) is 1.96. The molecule has 1 unspecified atom stereocenters. The van der Waals surface area contributed by atoms with Crippen molar-refractivity contribution in [2.75, 3.05) is 18.6 Å². The normalized spacial score (nSPS) is 13.9. The fourth-order valence-corrected chi connectivity index (χ4v) is 3.15. The molecule has 2 nitrogen and oxygen atoms in total. The van der Waals surface area contributed by atoms with Crippen molar-refractivity contribution in [3.05, 3.63) is 16.1 Å². The van der Waals surface area contributed by atoms with E-state index in [9.17, 15) is 0 Å². The summed E-state index contributed by atoms with van der Waals surface area (Å²) in [6.45, 7) is 11.0. The summed E-state index contributed by atoms with van der Waals surface area (Å²) < 4.78 is 0. The van der Waals surface area contributed by atoms with E-state index in [1.807, 2.05) is 29.3 Å². The van der Waals surface area contributed by atoms with Gasteiger partial charge in [-0.25, -0.2) is 4.98 Å². The van der Waals surface area contributed by atoms with E-state index in [0.717, 1.165) is 19.0 Å². The molecule has 1 aromatic heterocycles. The molecule has 17 heavy (non-hydrogen) atoms. The largest absolute Gasteiger partial charge is 0.312 e. The van der Waals surface area contributed by atoms with Gasteiger partial charge in [-0.05, 0) is 24.5 Å². The summed E-state index contributed by atoms with van der Waals surface area (Å²) >= 11 is 3.74. The van der Waals surface area contributed by atoms with Crippen LogP contribution in [0.3, 0.4) is 0 Å². The molecule has 0 aliphatic heterocycles. The number of hydrogen-bond donors (Lipinski definition) is 1. The molecule has 1 rings (SSSR count). The number of thioether (sulfide) groups is 1. The second-order valence-corrected chi connectivity index (χ2v) is 7.60. The minimum Gasteiger partial charge on any atom is -0.312 e. The van der Waals surface area contributed by atoms with Crippen LogP contribution in [0.1, 0.15) is 37.6 Å². The molecule has 1 N–H and O–H groups in total. The van der Waals surface area contributed by atoms with E-state index in [1.54, 1.807) is 0 Å². The van der Waals surface area contributed by atoms with Crippen LogP contribution in [-0.4, -0.2) is 23.5 Å². The first kappa shape index (κ1) is 15.0. The second kappa shape index (κ2) is 6.76. The van der Waals surface area contributed by atoms with Gasteiger partial charge in [0, 0.05) is 23.0 Å². The summed E-state index contributed by atoms with van der Waals surface area (Å²) in [5, 5.41) is 4.74. The highest BCUT2D eigenvalue weighted by atomic mass is 32.2. The summed E-state index contributed by atoms with van der Waals surface area (Å²) in [5.41, 5.74) is 0.176. The number of thiazole rings is 1. The Morgan fingerprint density at radius 1 is 1.47 bits per heavy atom. The number of hydrogen-bond acceptors (Lipinski definition) is 4. The Morgan fingerprint density at radius 2 is 2.18 bits per heavy atom. The SMILES string of the molecule is CSCC(C)CNCc1cnc(C(C)(C)C)s1. The zero-order valence-corrected chi connectivity index (χ0v) is 13.2. The van der Waals surface area contributed by atoms with Crippen LogP contribution < -0.4 is 5.32 Å². The molecule has 1 heterocycles. The lowest BCUT2D eigenvalue weighted by molar-refractivity contribution is 0.561. The number of nitrogens with one attached hydrogen (secondary N) is 1. The van der Waals surface area contributed by atoms with Gasteiger partial charge in [0.1, 0.15) is 0 Å². The molecule has 1 aromatic rings. The molecule has 0 aliphatic rings. The third-order valence-corrected chi connectivity index (χ3v) is 4.76. The lowest BCUT2D eigenvalue weighted by atomic mass is 9.98. The Labute approximate surface area is 114 Å². The molecule has 0 saturated heterocycles. The van der Waals surface area contributed by atoms with Crippen LogP contribution in [0.15, 0.2) is 6.20 Å². The van der Waals surface area contributed by atoms with Gasteiger partial charge in [0.05, 0.1) is 5.01 Å². The van der Waals surface area contributed by atoms with Crippen LogP contribution in [0.25, 0.3) is 0 Å². The Bertz CT molecular complexity index is 328. The van der Waals surface area contributed by atoms with Crippen molar-refractivity contribution in [2.24, 2.45) is 5.92 Å². The van der Waals surface area contributed by atoms with Crippen molar-refractivity contribution < 1.29 is 0 Å². The maximum atomic E-state index is 4.50. The highest BCUT2D eigenvalue weighted by Crippen LogP contribution is 2.26. The van der Waals surface area contributed by atoms with Gasteiger partial charge in [0.25, 0.3) is 0 Å². The molecule has 4 heteroatoms. The molecule has 0 radical (unpaired) electrons. The molecule has 0 bridgehead atoms. The molecule has 0 amide bonds. The van der Waals surface area contributed by atoms with E-state index in [1.165, 1.54) is 15.6 Å². The lowest BCUT2D eigenvalue weighted by Gasteiger charge is -2.13. The fraction of sp³-hybridized carbons (Fsp3) is 0.769. The predicted molar refractivity (Wildman–Crippen MR) is 80.1 cm³/mol. The van der Waals surface area contributed by atoms with Gasteiger partial charge in [-0.1, -0.05) is 27.7 Å². The van der Waals surface area contributed by atoms with Crippen LogP contribution in [0.2, 0.25) is 0 Å². The number of nitrogens with zero attached hydrogens (tertiary/aromatic N) is 1. The summed E-state index contributed by atoms with van der Waals surface area (Å²) in [6.07, 6.45) is 4.17. The van der Waals surface area contributed by atoms with E-state index in [0.29, 0.717) is 0 Å². The summed E-state index contributed by atoms with van der Waals surface area (Å²) in [7, 11) is 0. The Morgan fingerprint density at radius 3 is 2.71 bits per heavy atom. The van der Waals surface area contributed by atoms with Gasteiger partial charge in [0.15, 0.2) is 0 Å². The highest BCUT2D eigenvalue weighted by Gasteiger charge is 2.17. The second-order valence-electron chi connectivity index (χ2n) is 5.57. The molecule has 0 aromatic carbocycles. The smallest absolute Gasteiger partial charge is 0.0981 e. The van der Waals surface area contributed by atoms with E-state index >= 15 is 0 Å². The first-order valence-electron chi connectivity index (χ1n) is 6.08. The van der Waals surface area contributed by atoms with Crippen molar-refractivity contribution in [3.8, 4) is 0 Å². The van der Waals surface area contributed by atoms with Crippen molar-refractivity contribution >= 4 is 23.1 Å². The minimum atomic E-state index is 0.176. The maximum absolute atomic E-state index is 4.50. The summed E-state index contributed by atoms with van der Waals surface area (Å²) in [4.78, 5) is 5.84. The van der Waals surface area contributed by atoms with Gasteiger partial charge in [-0.2, -0.15) is 11.8 Å². The van der Waals surface area contributed by atoms with Crippen LogP contribution in [0, 0.1) is 5.92 Å². The zero-order valence-electron chi connectivity index (χ0n) is 11.5. The van der Waals surface area contributed by atoms with Crippen molar-refractivity contribution in [1.29, 1.82) is 0 Å². The standard InChI is InChI=1S/C13H24N2S2/c1-10(9-16-5)6-14-7-11-8-15-12(17-11)13(2,3)4/h8,10,14H,6-7,9H2,1-5H3. The molecular weight excluding hydrogens is 248 g/mol. The van der Waals surface area contributed by atoms with Crippen molar-refractivity contribution in [1.82, 2.24) is 10.3 Å². The third-order valence-electron chi connectivity index (χ3n) is 2.44. The molecule has 1 atom stereocenters. The van der Waals surface area contributed by atoms with Gasteiger partial charge < -0.3 is 5.32 Å². The monoisotopic (exact) mass is 272 g/mol. The molecule has 0 fully saturated rings. The van der Waals surface area contributed by atoms with Gasteiger partial charge in [-0.3, -0.25) is 0 Å². The van der Waals surface area contributed by atoms with Crippen LogP contribution in [-0.2, 0) is 12.0 Å². The Balaban J connectivity index is 2.35. The van der Waals surface area contributed by atoms with Crippen molar-refractivity contribution in [2.45, 2.75) is 39.7 Å². The molecular formula is C13H24N2S2. The molecule has 0 spiro atoms. The average molecular weight is 272 g/mol. The van der Waals surface area contributed by atoms with Gasteiger partial charge in [-0.15, -0.1) is 11.3 Å². The predicted octanol–water partition coefficient (Wildman–Crippen LogP) is 3.53. The highest BCUT2D eigenvalue weighted by molar-refractivity contribution is 7.98. The fourth-order valence-electron chi connectivity index (χ4n) is 1.52. The van der Waals surface area contributed by atoms with Crippen LogP contribution in [0.5, 0.6) is 0 Å². The van der Waals surface area contributed by atoms with Crippen LogP contribution >= 0.6 is 23.1 Å². The quantitative estimate of drug-likeness (QED) is 0.857. The van der Waals surface area contributed by atoms with Crippen molar-refractivity contribution in [3.63, 3.8) is 0 Å². The Kier molecular flexibility index (Phi) is 5.97. The third kappa shape index (κ3) is 5.40. The van der Waals surface area contributed by atoms with Gasteiger partial charge >= 0.3 is 0 Å². The Hall–Kier alpha value is -0.0600. The lowest BCUT2D eigenvalue weighted by Crippen LogP contribution is -2.21. The minimum absolute atomic E-state index is 0.176. The topological polar surface area (TPSA) is 24.9 Å².